The average molecular weight is 481 g/mol. The monoisotopic (exact) mass is 480 g/mol. The van der Waals surface area contributed by atoms with Gasteiger partial charge in [0.05, 0.1) is 18.7 Å². The molecule has 36 heavy (non-hydrogen) atoms. The van der Waals surface area contributed by atoms with Crippen molar-refractivity contribution in [3.8, 4) is 17.2 Å². The fourth-order valence-electron chi connectivity index (χ4n) is 4.64. The number of ether oxygens (including phenoxy) is 3. The molecule has 2 atom stereocenters. The highest BCUT2D eigenvalue weighted by Crippen LogP contribution is 2.50. The Morgan fingerprint density at radius 2 is 1.78 bits per heavy atom. The molecular weight excluding hydrogens is 456 g/mol. The van der Waals surface area contributed by atoms with Crippen molar-refractivity contribution in [1.29, 1.82) is 0 Å². The number of hydrogen-bond donors (Lipinski definition) is 0. The van der Waals surface area contributed by atoms with E-state index in [1.54, 1.807) is 43.5 Å². The van der Waals surface area contributed by atoms with E-state index in [4.69, 9.17) is 23.7 Å². The van der Waals surface area contributed by atoms with Gasteiger partial charge in [-0.1, -0.05) is 30.3 Å². The van der Waals surface area contributed by atoms with Gasteiger partial charge in [0.1, 0.15) is 23.0 Å². The number of benzene rings is 3. The third kappa shape index (κ3) is 3.88. The first-order chi connectivity index (χ1) is 17.6. The molecule has 0 radical (unpaired) electrons. The first-order valence-electron chi connectivity index (χ1n) is 11.7. The van der Waals surface area contributed by atoms with Gasteiger partial charge in [-0.15, -0.1) is 0 Å². The van der Waals surface area contributed by atoms with Gasteiger partial charge in [0, 0.05) is 17.5 Å². The number of methoxy groups -OCH3 is 1. The molecule has 2 aliphatic rings. The number of furan rings is 1. The second-order valence-electron chi connectivity index (χ2n) is 8.73. The van der Waals surface area contributed by atoms with Crippen LogP contribution in [0.4, 0.5) is 0 Å². The van der Waals surface area contributed by atoms with E-state index in [2.05, 4.69) is 0 Å². The number of carbonyl (C=O) groups is 1. The molecule has 6 rings (SSSR count). The Labute approximate surface area is 208 Å². The van der Waals surface area contributed by atoms with Crippen molar-refractivity contribution in [2.45, 2.75) is 25.6 Å². The largest absolute Gasteiger partial charge is 0.493 e. The highest BCUT2D eigenvalue weighted by molar-refractivity contribution is 5.99. The van der Waals surface area contributed by atoms with Crippen molar-refractivity contribution in [3.63, 3.8) is 0 Å². The third-order valence-electron chi connectivity index (χ3n) is 6.41. The highest BCUT2D eigenvalue weighted by atomic mass is 16.5. The number of hydrogen-bond acceptors (Lipinski definition) is 7. The Kier molecular flexibility index (Phi) is 5.45. The van der Waals surface area contributed by atoms with Crippen LogP contribution in [0.3, 0.4) is 0 Å². The summed E-state index contributed by atoms with van der Waals surface area (Å²) in [7, 11) is 1.64. The molecular formula is C29H24N2O5. The predicted octanol–water partition coefficient (Wildman–Crippen LogP) is 6.06. The maximum atomic E-state index is 12.4. The second-order valence-corrected chi connectivity index (χ2v) is 8.73. The molecule has 0 N–H and O–H groups in total. The fraction of sp³-hybridized carbons (Fsp3) is 0.172. The minimum Gasteiger partial charge on any atom is -0.493 e. The van der Waals surface area contributed by atoms with E-state index in [1.165, 1.54) is 0 Å². The number of aryl methyl sites for hydroxylation is 1. The standard InChI is InChI=1S/C29H24N2O5/c1-18-11-16-25(34-18)23-17-24-22-9-6-10-26(33-2)27(22)36-28(31(24)30-23)19-12-14-21(15-13-19)35-29(32)20-7-4-3-5-8-20/h3-16,24,28H,17H2,1-2H3. The quantitative estimate of drug-likeness (QED) is 0.255. The second kappa shape index (κ2) is 8.92. The van der Waals surface area contributed by atoms with Crippen molar-refractivity contribution >= 4 is 11.7 Å². The summed E-state index contributed by atoms with van der Waals surface area (Å²) >= 11 is 0. The van der Waals surface area contributed by atoms with Crippen LogP contribution >= 0.6 is 0 Å². The van der Waals surface area contributed by atoms with Crippen LogP contribution in [0, 0.1) is 6.92 Å². The maximum Gasteiger partial charge on any atom is 0.343 e. The molecule has 3 aromatic carbocycles. The van der Waals surface area contributed by atoms with Crippen LogP contribution in [-0.2, 0) is 0 Å². The lowest BCUT2D eigenvalue weighted by Gasteiger charge is -2.38. The van der Waals surface area contributed by atoms with E-state index in [0.717, 1.165) is 28.4 Å². The zero-order valence-electron chi connectivity index (χ0n) is 19.9. The van der Waals surface area contributed by atoms with E-state index in [0.29, 0.717) is 29.2 Å². The summed E-state index contributed by atoms with van der Waals surface area (Å²) in [6, 6.07) is 26.0. The number of rotatable bonds is 5. The van der Waals surface area contributed by atoms with E-state index in [-0.39, 0.29) is 6.04 Å². The first kappa shape index (κ1) is 22.0. The van der Waals surface area contributed by atoms with E-state index in [1.807, 2.05) is 60.5 Å². The molecule has 2 aliphatic heterocycles. The Hall–Kier alpha value is -4.52. The minimum absolute atomic E-state index is 0.0372. The van der Waals surface area contributed by atoms with E-state index < -0.39 is 12.2 Å². The zero-order chi connectivity index (χ0) is 24.6. The topological polar surface area (TPSA) is 73.5 Å². The van der Waals surface area contributed by atoms with Crippen LogP contribution in [0.1, 0.15) is 51.7 Å². The molecule has 7 nitrogen and oxygen atoms in total. The summed E-state index contributed by atoms with van der Waals surface area (Å²) in [5.74, 6) is 3.03. The van der Waals surface area contributed by atoms with E-state index >= 15 is 0 Å². The number of hydrazone groups is 1. The molecule has 0 bridgehead atoms. The zero-order valence-corrected chi connectivity index (χ0v) is 19.9. The highest BCUT2D eigenvalue weighted by Gasteiger charge is 2.42. The Morgan fingerprint density at radius 3 is 2.50 bits per heavy atom. The number of carbonyl (C=O) groups excluding carboxylic acids is 1. The Morgan fingerprint density at radius 1 is 0.972 bits per heavy atom. The molecule has 0 amide bonds. The molecule has 0 aliphatic carbocycles. The van der Waals surface area contributed by atoms with Crippen molar-refractivity contribution in [2.24, 2.45) is 5.10 Å². The van der Waals surface area contributed by atoms with Gasteiger partial charge in [0.15, 0.2) is 11.5 Å². The van der Waals surface area contributed by atoms with Crippen molar-refractivity contribution in [1.82, 2.24) is 5.01 Å². The molecule has 3 heterocycles. The lowest BCUT2D eigenvalue weighted by molar-refractivity contribution is -0.0209. The molecule has 7 heteroatoms. The molecule has 4 aromatic rings. The normalized spacial score (nSPS) is 18.1. The van der Waals surface area contributed by atoms with Gasteiger partial charge in [-0.3, -0.25) is 0 Å². The summed E-state index contributed by atoms with van der Waals surface area (Å²) in [6.45, 7) is 1.92. The van der Waals surface area contributed by atoms with Crippen LogP contribution in [0.15, 0.2) is 94.4 Å². The molecule has 0 fully saturated rings. The van der Waals surface area contributed by atoms with Crippen LogP contribution in [0.2, 0.25) is 0 Å². The van der Waals surface area contributed by atoms with Gasteiger partial charge in [0.2, 0.25) is 6.23 Å². The average Bonchev–Trinajstić information content (AvgIpc) is 3.55. The first-order valence-corrected chi connectivity index (χ1v) is 11.7. The molecule has 0 saturated heterocycles. The molecule has 1 aromatic heterocycles. The summed E-state index contributed by atoms with van der Waals surface area (Å²) in [5, 5.41) is 6.89. The number of nitrogens with zero attached hydrogens (tertiary/aromatic N) is 2. The summed E-state index contributed by atoms with van der Waals surface area (Å²) in [5.41, 5.74) is 3.25. The molecule has 0 spiro atoms. The van der Waals surface area contributed by atoms with Crippen molar-refractivity contribution in [3.05, 3.63) is 113 Å². The lowest BCUT2D eigenvalue weighted by Crippen LogP contribution is -2.33. The smallest absolute Gasteiger partial charge is 0.343 e. The maximum absolute atomic E-state index is 12.4. The Balaban J connectivity index is 1.32. The Bertz CT molecular complexity index is 1440. The number of para-hydroxylation sites is 1. The third-order valence-corrected chi connectivity index (χ3v) is 6.41. The van der Waals surface area contributed by atoms with Gasteiger partial charge in [-0.05, 0) is 61.5 Å². The minimum atomic E-state index is -0.494. The molecule has 2 unspecified atom stereocenters. The summed E-state index contributed by atoms with van der Waals surface area (Å²) in [6.07, 6.45) is 0.186. The van der Waals surface area contributed by atoms with Gasteiger partial charge < -0.3 is 18.6 Å². The van der Waals surface area contributed by atoms with Crippen molar-refractivity contribution in [2.75, 3.05) is 7.11 Å². The fourth-order valence-corrected chi connectivity index (χ4v) is 4.64. The van der Waals surface area contributed by atoms with Crippen molar-refractivity contribution < 1.29 is 23.4 Å². The van der Waals surface area contributed by atoms with Gasteiger partial charge in [0.25, 0.3) is 0 Å². The summed E-state index contributed by atoms with van der Waals surface area (Å²) in [4.78, 5) is 12.4. The van der Waals surface area contributed by atoms with Crippen LogP contribution in [0.5, 0.6) is 17.2 Å². The number of esters is 1. The predicted molar refractivity (Wildman–Crippen MR) is 133 cm³/mol. The van der Waals surface area contributed by atoms with Gasteiger partial charge >= 0.3 is 5.97 Å². The summed E-state index contributed by atoms with van der Waals surface area (Å²) < 4.78 is 23.5. The lowest BCUT2D eigenvalue weighted by atomic mass is 9.97. The molecule has 180 valence electrons. The van der Waals surface area contributed by atoms with Crippen LogP contribution in [0.25, 0.3) is 0 Å². The number of fused-ring (bicyclic) bond motifs is 3. The van der Waals surface area contributed by atoms with Gasteiger partial charge in [-0.25, -0.2) is 9.80 Å². The van der Waals surface area contributed by atoms with Crippen LogP contribution in [-0.4, -0.2) is 23.8 Å². The SMILES string of the molecule is COc1cccc2c1OC(c1ccc(OC(=O)c3ccccc3)cc1)N1N=C(c3ccc(C)o3)CC21. The van der Waals surface area contributed by atoms with Gasteiger partial charge in [-0.2, -0.15) is 5.10 Å². The molecule has 0 saturated carbocycles. The van der Waals surface area contributed by atoms with Crippen LogP contribution < -0.4 is 14.2 Å². The van der Waals surface area contributed by atoms with E-state index in [9.17, 15) is 4.79 Å².